The Hall–Kier alpha value is -0.150. The van der Waals surface area contributed by atoms with Gasteiger partial charge in [-0.25, -0.2) is 0 Å². The monoisotopic (exact) mass is 446 g/mol. The van der Waals surface area contributed by atoms with Crippen molar-refractivity contribution >= 4 is 7.60 Å². The van der Waals surface area contributed by atoms with Gasteiger partial charge in [0.05, 0.1) is 27.7 Å². The van der Waals surface area contributed by atoms with Gasteiger partial charge >= 0.3 is 7.60 Å². The fourth-order valence-corrected chi connectivity index (χ4v) is 5.91. The predicted octanol–water partition coefficient (Wildman–Crippen LogP) is 8.06. The second-order valence-corrected chi connectivity index (χ2v) is 11.7. The van der Waals surface area contributed by atoms with Crippen LogP contribution in [0.25, 0.3) is 0 Å². The van der Waals surface area contributed by atoms with E-state index in [0.717, 1.165) is 12.8 Å². The van der Waals surface area contributed by atoms with Gasteiger partial charge in [0.1, 0.15) is 0 Å². The van der Waals surface area contributed by atoms with Crippen molar-refractivity contribution < 1.29 is 18.5 Å². The number of allylic oxidation sites excluding steroid dienone is 2. The number of hydrogen-bond donors (Lipinski definition) is 1. The van der Waals surface area contributed by atoms with Crippen LogP contribution in [0.3, 0.4) is 0 Å². The van der Waals surface area contributed by atoms with E-state index in [1.54, 1.807) is 0 Å². The lowest BCUT2D eigenvalue weighted by atomic mass is 10.1. The largest absolute Gasteiger partial charge is 0.385 e. The Morgan fingerprint density at radius 3 is 1.63 bits per heavy atom. The van der Waals surface area contributed by atoms with E-state index in [4.69, 9.17) is 4.52 Å². The van der Waals surface area contributed by atoms with Crippen LogP contribution in [0, 0.1) is 0 Å². The van der Waals surface area contributed by atoms with Gasteiger partial charge in [-0.2, -0.15) is 0 Å². The van der Waals surface area contributed by atoms with Crippen LogP contribution in [0.2, 0.25) is 0 Å². The summed E-state index contributed by atoms with van der Waals surface area (Å²) in [5.41, 5.74) is 0. The first kappa shape index (κ1) is 29.9. The van der Waals surface area contributed by atoms with E-state index in [9.17, 15) is 9.46 Å². The molecule has 0 spiro atoms. The third-order valence-electron chi connectivity index (χ3n) is 5.82. The quantitative estimate of drug-likeness (QED) is 0.0839. The zero-order chi connectivity index (χ0) is 22.7. The van der Waals surface area contributed by atoms with Crippen molar-refractivity contribution in [2.24, 2.45) is 0 Å². The molecule has 0 aromatic heterocycles. The molecule has 2 unspecified atom stereocenters. The van der Waals surface area contributed by atoms with Crippen molar-refractivity contribution in [1.82, 2.24) is 0 Å². The van der Waals surface area contributed by atoms with Gasteiger partial charge in [-0.3, -0.25) is 4.57 Å². The fraction of sp³-hybridized carbons (Fsp3) is 0.920. The fourth-order valence-electron chi connectivity index (χ4n) is 4.01. The molecule has 0 aromatic rings. The van der Waals surface area contributed by atoms with Crippen LogP contribution in [0.1, 0.15) is 117 Å². The van der Waals surface area contributed by atoms with E-state index in [2.05, 4.69) is 19.1 Å². The summed E-state index contributed by atoms with van der Waals surface area (Å²) in [4.78, 5) is 10.3. The van der Waals surface area contributed by atoms with Crippen molar-refractivity contribution in [3.63, 3.8) is 0 Å². The molecule has 0 aromatic carbocycles. The summed E-state index contributed by atoms with van der Waals surface area (Å²) in [6.45, 7) is 4.60. The predicted molar refractivity (Wildman–Crippen MR) is 132 cm³/mol. The van der Waals surface area contributed by atoms with E-state index in [-0.39, 0.29) is 5.78 Å². The molecule has 0 heterocycles. The van der Waals surface area contributed by atoms with Crippen molar-refractivity contribution in [2.75, 3.05) is 27.7 Å². The average molecular weight is 447 g/mol. The van der Waals surface area contributed by atoms with E-state index in [0.29, 0.717) is 17.5 Å². The molecule has 0 amide bonds. The highest BCUT2D eigenvalue weighted by Gasteiger charge is 2.41. The number of quaternary nitrogens is 1. The lowest BCUT2D eigenvalue weighted by Gasteiger charge is -2.35. The number of nitrogens with zero attached hydrogens (tertiary/aromatic N) is 1. The van der Waals surface area contributed by atoms with Gasteiger partial charge in [-0.15, -0.1) is 0 Å². The Morgan fingerprint density at radius 2 is 1.20 bits per heavy atom. The SMILES string of the molecule is CCCCC=CCCCCCCCCCCCCCOP(=O)(O)C(CC)[N+](C)(C)C. The Morgan fingerprint density at radius 1 is 0.767 bits per heavy atom. The van der Waals surface area contributed by atoms with Crippen molar-refractivity contribution in [1.29, 1.82) is 0 Å². The summed E-state index contributed by atoms with van der Waals surface area (Å²) < 4.78 is 18.4. The molecule has 5 heteroatoms. The second-order valence-electron chi connectivity index (χ2n) is 9.69. The molecule has 0 bridgehead atoms. The maximum absolute atomic E-state index is 12.5. The highest BCUT2D eigenvalue weighted by atomic mass is 31.2. The second kappa shape index (κ2) is 18.4. The van der Waals surface area contributed by atoms with Gasteiger partial charge in [-0.1, -0.05) is 96.6 Å². The maximum Gasteiger partial charge on any atom is 0.385 e. The zero-order valence-corrected chi connectivity index (χ0v) is 21.8. The molecule has 0 aliphatic rings. The lowest BCUT2D eigenvalue weighted by Crippen LogP contribution is -2.44. The average Bonchev–Trinajstić information content (AvgIpc) is 2.66. The number of rotatable bonds is 21. The Balaban J connectivity index is 3.47. The van der Waals surface area contributed by atoms with Crippen LogP contribution in [-0.2, 0) is 9.09 Å². The third kappa shape index (κ3) is 16.5. The van der Waals surface area contributed by atoms with Gasteiger partial charge < -0.3 is 13.9 Å². The number of unbranched alkanes of at least 4 members (excludes halogenated alkanes) is 13. The van der Waals surface area contributed by atoms with E-state index in [1.807, 2.05) is 28.1 Å². The van der Waals surface area contributed by atoms with Crippen LogP contribution < -0.4 is 0 Å². The van der Waals surface area contributed by atoms with Gasteiger partial charge in [0.15, 0.2) is 5.78 Å². The normalized spacial score (nSPS) is 15.5. The smallest absolute Gasteiger partial charge is 0.320 e. The summed E-state index contributed by atoms with van der Waals surface area (Å²) in [5.74, 6) is -0.347. The minimum atomic E-state index is -3.55. The molecule has 30 heavy (non-hydrogen) atoms. The Kier molecular flexibility index (Phi) is 18.3. The van der Waals surface area contributed by atoms with Crippen LogP contribution >= 0.6 is 7.60 Å². The molecular formula is C25H53NO3P+. The van der Waals surface area contributed by atoms with Crippen molar-refractivity contribution in [2.45, 2.75) is 122 Å². The van der Waals surface area contributed by atoms with Gasteiger partial charge in [0.2, 0.25) is 0 Å². The number of hydrogen-bond acceptors (Lipinski definition) is 2. The lowest BCUT2D eigenvalue weighted by molar-refractivity contribution is -0.883. The van der Waals surface area contributed by atoms with Gasteiger partial charge in [0, 0.05) is 6.42 Å². The topological polar surface area (TPSA) is 46.5 Å². The molecule has 0 saturated carbocycles. The third-order valence-corrected chi connectivity index (χ3v) is 8.18. The molecule has 0 saturated heterocycles. The van der Waals surface area contributed by atoms with Gasteiger partial charge in [-0.05, 0) is 25.7 Å². The summed E-state index contributed by atoms with van der Waals surface area (Å²) >= 11 is 0. The molecule has 0 aliphatic heterocycles. The molecular weight excluding hydrogens is 393 g/mol. The standard InChI is InChI=1S/C25H52NO3P/c1-6-8-9-10-11-12-13-14-15-16-17-18-19-20-21-22-23-24-29-30(27,28)25(7-2)26(3,4)5/h10-11,25H,6-9,12-24H2,1-5H3/p+1. The van der Waals surface area contributed by atoms with Crippen LogP contribution in [0.4, 0.5) is 0 Å². The molecule has 0 fully saturated rings. The highest BCUT2D eigenvalue weighted by Crippen LogP contribution is 2.51. The van der Waals surface area contributed by atoms with Crippen molar-refractivity contribution in [3.05, 3.63) is 12.2 Å². The summed E-state index contributed by atoms with van der Waals surface area (Å²) in [6.07, 6.45) is 24.5. The molecule has 4 nitrogen and oxygen atoms in total. The molecule has 0 rings (SSSR count). The summed E-state index contributed by atoms with van der Waals surface area (Å²) in [6, 6.07) is 0. The zero-order valence-electron chi connectivity index (χ0n) is 20.9. The van der Waals surface area contributed by atoms with Gasteiger partial charge in [0.25, 0.3) is 0 Å². The molecule has 1 N–H and O–H groups in total. The first-order chi connectivity index (χ1) is 14.3. The minimum Gasteiger partial charge on any atom is -0.320 e. The maximum atomic E-state index is 12.5. The molecule has 0 radical (unpaired) electrons. The van der Waals surface area contributed by atoms with E-state index < -0.39 is 7.60 Å². The molecule has 0 aliphatic carbocycles. The van der Waals surface area contributed by atoms with Crippen LogP contribution in [-0.4, -0.2) is 42.9 Å². The van der Waals surface area contributed by atoms with E-state index >= 15 is 0 Å². The molecule has 180 valence electrons. The Bertz CT molecular complexity index is 460. The minimum absolute atomic E-state index is 0.347. The summed E-state index contributed by atoms with van der Waals surface area (Å²) in [7, 11) is 2.31. The highest BCUT2D eigenvalue weighted by molar-refractivity contribution is 7.53. The van der Waals surface area contributed by atoms with Crippen LogP contribution in [0.15, 0.2) is 12.2 Å². The van der Waals surface area contributed by atoms with E-state index in [1.165, 1.54) is 83.5 Å². The van der Waals surface area contributed by atoms with Crippen LogP contribution in [0.5, 0.6) is 0 Å². The van der Waals surface area contributed by atoms with Crippen molar-refractivity contribution in [3.8, 4) is 0 Å². The molecule has 2 atom stereocenters. The summed E-state index contributed by atoms with van der Waals surface area (Å²) in [5, 5.41) is 0. The first-order valence-corrected chi connectivity index (χ1v) is 14.3. The Labute approximate surface area is 188 Å². The first-order valence-electron chi connectivity index (χ1n) is 12.7.